The number of nitrogens with zero attached hydrogens (tertiary/aromatic N) is 1. The van der Waals surface area contributed by atoms with Crippen molar-refractivity contribution in [1.82, 2.24) is 0 Å². The first kappa shape index (κ1) is 24.8. The number of allylic oxidation sites excluding steroid dienone is 1. The molecular weight excluding hydrogens is 482 g/mol. The average Bonchev–Trinajstić information content (AvgIpc) is 3.42. The van der Waals surface area contributed by atoms with Gasteiger partial charge in [0.15, 0.2) is 0 Å². The average molecular weight is 526 g/mol. The number of ether oxygens (including phenoxy) is 2. The lowest BCUT2D eigenvalue weighted by Crippen LogP contribution is -2.61. The lowest BCUT2D eigenvalue weighted by atomic mass is 9.58. The molecule has 2 aromatic rings. The van der Waals surface area contributed by atoms with Crippen LogP contribution < -0.4 is 0 Å². The summed E-state index contributed by atoms with van der Waals surface area (Å²) < 4.78 is 12.8. The highest BCUT2D eigenvalue weighted by Crippen LogP contribution is 2.69. The van der Waals surface area contributed by atoms with Gasteiger partial charge in [0, 0.05) is 12.8 Å². The topological polar surface area (TPSA) is 41.5 Å². The molecule has 4 heteroatoms. The van der Waals surface area contributed by atoms with Crippen LogP contribution in [-0.4, -0.2) is 48.7 Å². The molecule has 2 bridgehead atoms. The molecule has 3 heterocycles. The molecule has 0 aromatic heterocycles. The number of hydrogen-bond donors (Lipinski definition) is 0. The molecule has 0 amide bonds. The van der Waals surface area contributed by atoms with Gasteiger partial charge in [-0.15, -0.1) is 0 Å². The first-order chi connectivity index (χ1) is 18.6. The summed E-state index contributed by atoms with van der Waals surface area (Å²) >= 11 is 0. The Kier molecular flexibility index (Phi) is 5.12. The zero-order valence-corrected chi connectivity index (χ0v) is 23.9. The maximum atomic E-state index is 14.0. The van der Waals surface area contributed by atoms with Crippen molar-refractivity contribution in [3.05, 3.63) is 76.5 Å². The van der Waals surface area contributed by atoms with Gasteiger partial charge in [-0.1, -0.05) is 61.5 Å². The maximum absolute atomic E-state index is 14.0. The summed E-state index contributed by atoms with van der Waals surface area (Å²) in [5, 5.41) is 16.7. The SMILES string of the molecule is CC1(C[N+](C)([O-])[C@@H]2CCC3=CC4=CC[C@]5(C)[C@@H](c6ccc7ccccc7c6)CC[C@H]5[C@@]45CC[C@]3(C2)O5)COC1. The minimum absolute atomic E-state index is 0.0251. The van der Waals surface area contributed by atoms with Crippen LogP contribution in [-0.2, 0) is 9.47 Å². The van der Waals surface area contributed by atoms with Crippen LogP contribution in [0.1, 0.15) is 76.7 Å². The minimum Gasteiger partial charge on any atom is -0.633 e. The molecule has 6 aliphatic rings. The van der Waals surface area contributed by atoms with Crippen LogP contribution in [0.25, 0.3) is 10.8 Å². The van der Waals surface area contributed by atoms with Gasteiger partial charge < -0.3 is 19.3 Å². The van der Waals surface area contributed by atoms with Crippen molar-refractivity contribution in [1.29, 1.82) is 0 Å². The Morgan fingerprint density at radius 2 is 1.82 bits per heavy atom. The minimum atomic E-state index is -0.236. The third-order valence-electron chi connectivity index (χ3n) is 12.2. The van der Waals surface area contributed by atoms with E-state index in [2.05, 4.69) is 68.5 Å². The predicted molar refractivity (Wildman–Crippen MR) is 155 cm³/mol. The van der Waals surface area contributed by atoms with Gasteiger partial charge in [0.05, 0.1) is 49.5 Å². The second-order valence-electron chi connectivity index (χ2n) is 14.8. The van der Waals surface area contributed by atoms with Crippen LogP contribution >= 0.6 is 0 Å². The molecule has 2 saturated carbocycles. The predicted octanol–water partition coefficient (Wildman–Crippen LogP) is 7.43. The summed E-state index contributed by atoms with van der Waals surface area (Å²) in [6.45, 7) is 6.86. The molecule has 0 radical (unpaired) electrons. The number of benzene rings is 2. The zero-order chi connectivity index (χ0) is 26.7. The molecule has 1 unspecified atom stereocenters. The maximum Gasteiger partial charge on any atom is 0.0975 e. The summed E-state index contributed by atoms with van der Waals surface area (Å²) in [5.74, 6) is 1.08. The summed E-state index contributed by atoms with van der Waals surface area (Å²) in [7, 11) is 1.92. The molecule has 2 saturated heterocycles. The zero-order valence-electron chi connectivity index (χ0n) is 23.9. The number of fused-ring (bicyclic) bond motifs is 2. The second-order valence-corrected chi connectivity index (χ2v) is 14.8. The van der Waals surface area contributed by atoms with Crippen LogP contribution in [0.2, 0.25) is 0 Å². The van der Waals surface area contributed by atoms with E-state index in [1.54, 1.807) is 0 Å². The lowest BCUT2D eigenvalue weighted by molar-refractivity contribution is -0.896. The molecular formula is C35H43NO3. The van der Waals surface area contributed by atoms with Gasteiger partial charge in [0.2, 0.25) is 0 Å². The van der Waals surface area contributed by atoms with Gasteiger partial charge in [-0.25, -0.2) is 0 Å². The number of hydrogen-bond acceptors (Lipinski definition) is 3. The van der Waals surface area contributed by atoms with Crippen LogP contribution in [0, 0.1) is 22.0 Å². The number of rotatable bonds is 4. The number of quaternary nitrogens is 1. The highest BCUT2D eigenvalue weighted by atomic mass is 16.6. The van der Waals surface area contributed by atoms with E-state index >= 15 is 0 Å². The Bertz CT molecular complexity index is 1400. The molecule has 2 spiro atoms. The molecule has 3 aliphatic carbocycles. The van der Waals surface area contributed by atoms with Gasteiger partial charge in [-0.05, 0) is 90.2 Å². The smallest absolute Gasteiger partial charge is 0.0975 e. The van der Waals surface area contributed by atoms with Crippen molar-refractivity contribution in [2.45, 2.75) is 88.4 Å². The first-order valence-electron chi connectivity index (χ1n) is 15.4. The molecule has 0 N–H and O–H groups in total. The van der Waals surface area contributed by atoms with Crippen LogP contribution in [0.5, 0.6) is 0 Å². The van der Waals surface area contributed by atoms with E-state index in [-0.39, 0.29) is 32.7 Å². The standard InChI is InChI=1S/C35H43NO3/c1-32(22-38-23-32)21-36(3,37)29-11-10-27-19-28-14-15-33(2)30(26-9-8-24-6-4-5-7-25(24)18-26)12-13-31(33)35(28)17-16-34(27,20-29)39-35/h4-9,14,18-19,29-31H,10-13,15-17,20-23H2,1-3H3/t29-,30-,31-,33-,34-,35-,36?/m1/s1. The molecule has 7 atom stereocenters. The van der Waals surface area contributed by atoms with E-state index in [0.29, 0.717) is 18.4 Å². The largest absolute Gasteiger partial charge is 0.633 e. The van der Waals surface area contributed by atoms with Gasteiger partial charge in [-0.2, -0.15) is 0 Å². The van der Waals surface area contributed by atoms with Gasteiger partial charge in [-0.3, -0.25) is 0 Å². The lowest BCUT2D eigenvalue weighted by Gasteiger charge is -2.58. The third-order valence-corrected chi connectivity index (χ3v) is 12.2. The fourth-order valence-electron chi connectivity index (χ4n) is 10.2. The van der Waals surface area contributed by atoms with Crippen molar-refractivity contribution in [2.24, 2.45) is 16.7 Å². The Balaban J connectivity index is 1.11. The van der Waals surface area contributed by atoms with E-state index < -0.39 is 0 Å². The van der Waals surface area contributed by atoms with Gasteiger partial charge in [0.25, 0.3) is 0 Å². The van der Waals surface area contributed by atoms with Gasteiger partial charge in [0.1, 0.15) is 0 Å². The normalized spacial score (nSPS) is 41.5. The van der Waals surface area contributed by atoms with Crippen molar-refractivity contribution < 1.29 is 14.1 Å². The number of hydroxylamine groups is 3. The highest BCUT2D eigenvalue weighted by molar-refractivity contribution is 5.83. The molecule has 206 valence electrons. The molecule has 8 rings (SSSR count). The fourth-order valence-corrected chi connectivity index (χ4v) is 10.2. The summed E-state index contributed by atoms with van der Waals surface area (Å²) in [4.78, 5) is 0. The first-order valence-corrected chi connectivity index (χ1v) is 15.4. The van der Waals surface area contributed by atoms with Crippen LogP contribution in [0.3, 0.4) is 0 Å². The Morgan fingerprint density at radius 1 is 1.00 bits per heavy atom. The summed E-state index contributed by atoms with van der Waals surface area (Å²) in [5.41, 5.74) is 4.24. The summed E-state index contributed by atoms with van der Waals surface area (Å²) in [6, 6.07) is 16.0. The second kappa shape index (κ2) is 8.06. The highest BCUT2D eigenvalue weighted by Gasteiger charge is 2.67. The quantitative estimate of drug-likeness (QED) is 0.308. The van der Waals surface area contributed by atoms with Crippen LogP contribution in [0.4, 0.5) is 0 Å². The van der Waals surface area contributed by atoms with Crippen molar-refractivity contribution in [3.63, 3.8) is 0 Å². The fraction of sp³-hybridized carbons (Fsp3) is 0.600. The summed E-state index contributed by atoms with van der Waals surface area (Å²) in [6.07, 6.45) is 13.7. The van der Waals surface area contributed by atoms with E-state index in [9.17, 15) is 5.21 Å². The Labute approximate surface area is 233 Å². The van der Waals surface area contributed by atoms with Crippen molar-refractivity contribution >= 4 is 10.8 Å². The van der Waals surface area contributed by atoms with Crippen LogP contribution in [0.15, 0.2) is 65.8 Å². The van der Waals surface area contributed by atoms with E-state index in [1.807, 2.05) is 7.05 Å². The Hall–Kier alpha value is -1.98. The molecule has 39 heavy (non-hydrogen) atoms. The van der Waals surface area contributed by atoms with Gasteiger partial charge >= 0.3 is 0 Å². The molecule has 4 nitrogen and oxygen atoms in total. The monoisotopic (exact) mass is 525 g/mol. The Morgan fingerprint density at radius 3 is 2.62 bits per heavy atom. The molecule has 4 fully saturated rings. The van der Waals surface area contributed by atoms with Crippen molar-refractivity contribution in [2.75, 3.05) is 26.8 Å². The molecule has 3 aliphatic heterocycles. The van der Waals surface area contributed by atoms with E-state index in [0.717, 1.165) is 51.7 Å². The van der Waals surface area contributed by atoms with Crippen molar-refractivity contribution in [3.8, 4) is 0 Å². The molecule has 2 aromatic carbocycles. The van der Waals surface area contributed by atoms with E-state index in [1.165, 1.54) is 40.3 Å². The van der Waals surface area contributed by atoms with E-state index in [4.69, 9.17) is 9.47 Å². The third kappa shape index (κ3) is 3.44.